The molecular formula is C22H21N3O4S. The number of Topliss-reactive ketones (excluding diaryl/α,β-unsaturated/α-hetero) is 1. The van der Waals surface area contributed by atoms with E-state index in [0.717, 1.165) is 11.3 Å². The Hall–Kier alpha value is -3.26. The molecule has 2 aromatic heterocycles. The van der Waals surface area contributed by atoms with Crippen LogP contribution in [0.4, 0.5) is 5.13 Å². The van der Waals surface area contributed by atoms with Gasteiger partial charge in [-0.2, -0.15) is 0 Å². The molecule has 0 aliphatic heterocycles. The Labute approximate surface area is 177 Å². The quantitative estimate of drug-likeness (QED) is 0.662. The summed E-state index contributed by atoms with van der Waals surface area (Å²) in [7, 11) is 1.60. The molecule has 8 heteroatoms. The standard InChI is InChI=1S/C22H21N3O4S/c1-22(2)9-16-14(18(26)10-22)8-15(19(27)23-16)20(28)25-21-24-17(11-30-21)12-4-6-13(29-3)7-5-12/h4-8,11H,9-10H2,1-3H3,(H,23,27)(H,24,25,28). The minimum Gasteiger partial charge on any atom is -0.497 e. The van der Waals surface area contributed by atoms with Crippen LogP contribution in [0.15, 0.2) is 40.5 Å². The van der Waals surface area contributed by atoms with Crippen LogP contribution in [-0.2, 0) is 6.42 Å². The summed E-state index contributed by atoms with van der Waals surface area (Å²) in [4.78, 5) is 44.8. The van der Waals surface area contributed by atoms with Gasteiger partial charge in [0.1, 0.15) is 11.3 Å². The number of hydrogen-bond donors (Lipinski definition) is 2. The second-order valence-electron chi connectivity index (χ2n) is 8.07. The van der Waals surface area contributed by atoms with E-state index in [0.29, 0.717) is 34.9 Å². The Morgan fingerprint density at radius 3 is 2.63 bits per heavy atom. The molecule has 2 heterocycles. The van der Waals surface area contributed by atoms with E-state index < -0.39 is 11.5 Å². The molecular weight excluding hydrogens is 402 g/mol. The molecule has 0 atom stereocenters. The summed E-state index contributed by atoms with van der Waals surface area (Å²) in [5.74, 6) is 0.0852. The first-order valence-electron chi connectivity index (χ1n) is 9.46. The van der Waals surface area contributed by atoms with E-state index in [1.54, 1.807) is 7.11 Å². The normalized spacial score (nSPS) is 14.8. The Bertz CT molecular complexity index is 1190. The number of nitrogens with one attached hydrogen (secondary N) is 2. The maximum Gasteiger partial charge on any atom is 0.263 e. The highest BCUT2D eigenvalue weighted by Gasteiger charge is 2.32. The first-order valence-corrected chi connectivity index (χ1v) is 10.3. The Kier molecular flexibility index (Phi) is 5.03. The number of aromatic amines is 1. The highest BCUT2D eigenvalue weighted by molar-refractivity contribution is 7.14. The number of ketones is 1. The minimum absolute atomic E-state index is 0.0670. The van der Waals surface area contributed by atoms with Crippen LogP contribution in [0, 0.1) is 5.41 Å². The number of nitrogens with zero attached hydrogens (tertiary/aromatic N) is 1. The summed E-state index contributed by atoms with van der Waals surface area (Å²) in [5.41, 5.74) is 1.77. The topological polar surface area (TPSA) is 101 Å². The van der Waals surface area contributed by atoms with E-state index in [9.17, 15) is 14.4 Å². The molecule has 0 saturated heterocycles. The van der Waals surface area contributed by atoms with Crippen molar-refractivity contribution < 1.29 is 14.3 Å². The van der Waals surface area contributed by atoms with Gasteiger partial charge < -0.3 is 9.72 Å². The Morgan fingerprint density at radius 1 is 1.20 bits per heavy atom. The minimum atomic E-state index is -0.590. The molecule has 0 spiro atoms. The summed E-state index contributed by atoms with van der Waals surface area (Å²) in [6.07, 6.45) is 0.966. The van der Waals surface area contributed by atoms with Crippen molar-refractivity contribution in [2.75, 3.05) is 12.4 Å². The largest absolute Gasteiger partial charge is 0.497 e. The van der Waals surface area contributed by atoms with Crippen LogP contribution >= 0.6 is 11.3 Å². The smallest absolute Gasteiger partial charge is 0.263 e. The number of amides is 1. The van der Waals surface area contributed by atoms with Gasteiger partial charge in [-0.25, -0.2) is 4.98 Å². The number of rotatable bonds is 4. The number of pyridine rings is 1. The fraction of sp³-hybridized carbons (Fsp3) is 0.273. The first kappa shape index (κ1) is 20.0. The lowest BCUT2D eigenvalue weighted by Crippen LogP contribution is -2.32. The number of aromatic nitrogens is 2. The van der Waals surface area contributed by atoms with Gasteiger partial charge in [-0.15, -0.1) is 11.3 Å². The van der Waals surface area contributed by atoms with Crippen molar-refractivity contribution in [3.63, 3.8) is 0 Å². The van der Waals surface area contributed by atoms with E-state index >= 15 is 0 Å². The summed E-state index contributed by atoms with van der Waals surface area (Å²) in [5, 5.41) is 4.85. The van der Waals surface area contributed by atoms with Crippen LogP contribution in [-0.4, -0.2) is 28.8 Å². The van der Waals surface area contributed by atoms with Crippen LogP contribution in [0.1, 0.15) is 46.7 Å². The third-order valence-corrected chi connectivity index (χ3v) is 5.83. The van der Waals surface area contributed by atoms with Crippen molar-refractivity contribution >= 4 is 28.2 Å². The van der Waals surface area contributed by atoms with Gasteiger partial charge in [0.2, 0.25) is 0 Å². The SMILES string of the molecule is COc1ccc(-c2csc(NC(=O)c3cc4c([nH]c3=O)CC(C)(C)CC4=O)n2)cc1. The number of carbonyl (C=O) groups excluding carboxylic acids is 2. The van der Waals surface area contributed by atoms with Gasteiger partial charge in [0, 0.05) is 28.6 Å². The summed E-state index contributed by atoms with van der Waals surface area (Å²) >= 11 is 1.26. The molecule has 1 amide bonds. The number of benzene rings is 1. The molecule has 2 N–H and O–H groups in total. The number of fused-ring (bicyclic) bond motifs is 1. The predicted octanol–water partition coefficient (Wildman–Crippen LogP) is 3.91. The fourth-order valence-electron chi connectivity index (χ4n) is 3.59. The molecule has 0 saturated carbocycles. The van der Waals surface area contributed by atoms with E-state index in [1.807, 2.05) is 43.5 Å². The number of anilines is 1. The second kappa shape index (κ2) is 7.53. The third-order valence-electron chi connectivity index (χ3n) is 5.07. The molecule has 30 heavy (non-hydrogen) atoms. The van der Waals surface area contributed by atoms with Crippen LogP contribution in [0.25, 0.3) is 11.3 Å². The van der Waals surface area contributed by atoms with Gasteiger partial charge in [0.05, 0.1) is 12.8 Å². The lowest BCUT2D eigenvalue weighted by atomic mass is 9.75. The summed E-state index contributed by atoms with van der Waals surface area (Å²) in [6.45, 7) is 3.96. The van der Waals surface area contributed by atoms with Gasteiger partial charge in [0.15, 0.2) is 10.9 Å². The van der Waals surface area contributed by atoms with Crippen molar-refractivity contribution in [3.05, 3.63) is 62.9 Å². The lowest BCUT2D eigenvalue weighted by Gasteiger charge is -2.29. The average Bonchev–Trinajstić information content (AvgIpc) is 3.15. The van der Waals surface area contributed by atoms with Crippen LogP contribution in [0.5, 0.6) is 5.75 Å². The van der Waals surface area contributed by atoms with E-state index in [2.05, 4.69) is 15.3 Å². The Balaban J connectivity index is 1.56. The third kappa shape index (κ3) is 3.91. The van der Waals surface area contributed by atoms with Crippen molar-refractivity contribution in [2.24, 2.45) is 5.41 Å². The number of H-pyrrole nitrogens is 1. The van der Waals surface area contributed by atoms with Gasteiger partial charge >= 0.3 is 0 Å². The predicted molar refractivity (Wildman–Crippen MR) is 116 cm³/mol. The van der Waals surface area contributed by atoms with Crippen molar-refractivity contribution in [1.29, 1.82) is 0 Å². The number of carbonyl (C=O) groups is 2. The van der Waals surface area contributed by atoms with Gasteiger partial charge in [0.25, 0.3) is 11.5 Å². The molecule has 3 aromatic rings. The van der Waals surface area contributed by atoms with Gasteiger partial charge in [-0.1, -0.05) is 13.8 Å². The van der Waals surface area contributed by atoms with Crippen molar-refractivity contribution in [2.45, 2.75) is 26.7 Å². The van der Waals surface area contributed by atoms with Crippen molar-refractivity contribution in [1.82, 2.24) is 9.97 Å². The molecule has 154 valence electrons. The zero-order chi connectivity index (χ0) is 21.5. The lowest BCUT2D eigenvalue weighted by molar-refractivity contribution is 0.0910. The molecule has 1 aliphatic carbocycles. The van der Waals surface area contributed by atoms with E-state index in [4.69, 9.17) is 4.74 Å². The summed E-state index contributed by atoms with van der Waals surface area (Å²) in [6, 6.07) is 8.82. The van der Waals surface area contributed by atoms with Crippen LogP contribution < -0.4 is 15.6 Å². The highest BCUT2D eigenvalue weighted by atomic mass is 32.1. The monoisotopic (exact) mass is 423 g/mol. The zero-order valence-corrected chi connectivity index (χ0v) is 17.7. The number of methoxy groups -OCH3 is 1. The fourth-order valence-corrected chi connectivity index (χ4v) is 4.30. The van der Waals surface area contributed by atoms with Crippen LogP contribution in [0.2, 0.25) is 0 Å². The number of hydrogen-bond acceptors (Lipinski definition) is 6. The molecule has 1 aliphatic rings. The molecule has 0 unspecified atom stereocenters. The molecule has 4 rings (SSSR count). The second-order valence-corrected chi connectivity index (χ2v) is 8.92. The summed E-state index contributed by atoms with van der Waals surface area (Å²) < 4.78 is 5.15. The molecule has 7 nitrogen and oxygen atoms in total. The van der Waals surface area contributed by atoms with Gasteiger partial charge in [-0.05, 0) is 42.2 Å². The number of ether oxygens (including phenoxy) is 1. The first-order chi connectivity index (χ1) is 14.3. The highest BCUT2D eigenvalue weighted by Crippen LogP contribution is 2.33. The zero-order valence-electron chi connectivity index (χ0n) is 16.9. The van der Waals surface area contributed by atoms with Gasteiger partial charge in [-0.3, -0.25) is 19.7 Å². The number of thiazole rings is 1. The Morgan fingerprint density at radius 2 is 1.93 bits per heavy atom. The molecule has 0 bridgehead atoms. The molecule has 0 fully saturated rings. The maximum atomic E-state index is 12.7. The van der Waals surface area contributed by atoms with E-state index in [-0.39, 0.29) is 16.8 Å². The average molecular weight is 423 g/mol. The maximum absolute atomic E-state index is 12.7. The van der Waals surface area contributed by atoms with E-state index in [1.165, 1.54) is 17.4 Å². The van der Waals surface area contributed by atoms with Crippen molar-refractivity contribution in [3.8, 4) is 17.0 Å². The molecule has 1 aromatic carbocycles. The van der Waals surface area contributed by atoms with Crippen LogP contribution in [0.3, 0.4) is 0 Å². The molecule has 0 radical (unpaired) electrons.